The Balaban J connectivity index is 2.25. The van der Waals surface area contributed by atoms with E-state index in [0.29, 0.717) is 11.1 Å². The van der Waals surface area contributed by atoms with Crippen LogP contribution in [0.2, 0.25) is 5.02 Å². The van der Waals surface area contributed by atoms with Gasteiger partial charge >= 0.3 is 0 Å². The third-order valence-electron chi connectivity index (χ3n) is 3.26. The normalized spacial score (nSPS) is 12.7. The molecule has 3 nitrogen and oxygen atoms in total. The second-order valence-corrected chi connectivity index (χ2v) is 6.16. The highest BCUT2D eigenvalue weighted by atomic mass is 79.9. The number of benzene rings is 1. The Morgan fingerprint density at radius 1 is 1.45 bits per heavy atom. The summed E-state index contributed by atoms with van der Waals surface area (Å²) in [6.45, 7) is 7.26. The summed E-state index contributed by atoms with van der Waals surface area (Å²) >= 11 is 9.68. The minimum Gasteiger partial charge on any atom is -0.310 e. The fourth-order valence-electron chi connectivity index (χ4n) is 2.02. The number of hydrogen-bond acceptors (Lipinski definition) is 2. The van der Waals surface area contributed by atoms with E-state index in [0.717, 1.165) is 28.8 Å². The lowest BCUT2D eigenvalue weighted by Crippen LogP contribution is -2.19. The zero-order chi connectivity index (χ0) is 14.7. The Hall–Kier alpha value is -0.840. The molecule has 1 heterocycles. The molecule has 0 bridgehead atoms. The summed E-state index contributed by atoms with van der Waals surface area (Å²) in [7, 11) is 0. The molecule has 0 aliphatic rings. The number of hydrogen-bond donors (Lipinski definition) is 1. The Morgan fingerprint density at radius 3 is 2.75 bits per heavy atom. The van der Waals surface area contributed by atoms with Crippen molar-refractivity contribution >= 4 is 27.5 Å². The van der Waals surface area contributed by atoms with Crippen LogP contribution in [0.3, 0.4) is 0 Å². The van der Waals surface area contributed by atoms with E-state index in [1.165, 1.54) is 5.56 Å². The SMILES string of the molecule is CCCNC(C)c1ccc(-n2cc(Cl)c(C)n2)c(Br)c1. The minimum atomic E-state index is 0.336. The smallest absolute Gasteiger partial charge is 0.0819 e. The van der Waals surface area contributed by atoms with Gasteiger partial charge < -0.3 is 5.32 Å². The van der Waals surface area contributed by atoms with Crippen LogP contribution in [-0.2, 0) is 0 Å². The Morgan fingerprint density at radius 2 is 2.20 bits per heavy atom. The second kappa shape index (κ2) is 6.74. The van der Waals surface area contributed by atoms with Crippen LogP contribution in [0.25, 0.3) is 5.69 Å². The summed E-state index contributed by atoms with van der Waals surface area (Å²) in [5.41, 5.74) is 3.08. The van der Waals surface area contributed by atoms with E-state index in [1.807, 2.05) is 13.1 Å². The lowest BCUT2D eigenvalue weighted by molar-refractivity contribution is 0.570. The van der Waals surface area contributed by atoms with Crippen molar-refractivity contribution < 1.29 is 0 Å². The molecule has 1 atom stereocenters. The van der Waals surface area contributed by atoms with Gasteiger partial charge in [0.05, 0.1) is 16.4 Å². The Kier molecular flexibility index (Phi) is 5.24. The van der Waals surface area contributed by atoms with Gasteiger partial charge in [-0.05, 0) is 60.4 Å². The Bertz CT molecular complexity index is 575. The molecule has 1 aromatic heterocycles. The maximum absolute atomic E-state index is 6.06. The standard InChI is InChI=1S/C15H19BrClN3/c1-4-7-18-10(2)12-5-6-15(13(16)8-12)20-9-14(17)11(3)19-20/h5-6,8-10,18H,4,7H2,1-3H3. The van der Waals surface area contributed by atoms with E-state index in [2.05, 4.69) is 58.4 Å². The lowest BCUT2D eigenvalue weighted by Gasteiger charge is -2.15. The monoisotopic (exact) mass is 355 g/mol. The van der Waals surface area contributed by atoms with Crippen LogP contribution in [0.15, 0.2) is 28.9 Å². The van der Waals surface area contributed by atoms with Gasteiger partial charge in [-0.3, -0.25) is 0 Å². The van der Waals surface area contributed by atoms with Gasteiger partial charge in [0.25, 0.3) is 0 Å². The highest BCUT2D eigenvalue weighted by molar-refractivity contribution is 9.10. The molecule has 0 amide bonds. The predicted molar refractivity (Wildman–Crippen MR) is 87.7 cm³/mol. The van der Waals surface area contributed by atoms with E-state index in [-0.39, 0.29) is 0 Å². The summed E-state index contributed by atoms with van der Waals surface area (Å²) in [6.07, 6.45) is 2.96. The van der Waals surface area contributed by atoms with Crippen LogP contribution < -0.4 is 5.32 Å². The molecule has 0 radical (unpaired) electrons. The second-order valence-electron chi connectivity index (χ2n) is 4.89. The molecule has 0 aliphatic heterocycles. The first kappa shape index (κ1) is 15.5. The quantitative estimate of drug-likeness (QED) is 0.844. The van der Waals surface area contributed by atoms with Gasteiger partial charge in [0.2, 0.25) is 0 Å². The third-order valence-corrected chi connectivity index (χ3v) is 4.26. The van der Waals surface area contributed by atoms with Crippen molar-refractivity contribution in [2.75, 3.05) is 6.54 Å². The summed E-state index contributed by atoms with van der Waals surface area (Å²) in [6, 6.07) is 6.65. The van der Waals surface area contributed by atoms with Crippen molar-refractivity contribution in [3.63, 3.8) is 0 Å². The number of halogens is 2. The van der Waals surface area contributed by atoms with Crippen molar-refractivity contribution in [3.05, 3.63) is 45.1 Å². The number of rotatable bonds is 5. The van der Waals surface area contributed by atoms with Crippen molar-refractivity contribution in [2.24, 2.45) is 0 Å². The zero-order valence-corrected chi connectivity index (χ0v) is 14.3. The van der Waals surface area contributed by atoms with Gasteiger partial charge in [-0.1, -0.05) is 24.6 Å². The number of nitrogens with zero attached hydrogens (tertiary/aromatic N) is 2. The molecule has 20 heavy (non-hydrogen) atoms. The first-order valence-electron chi connectivity index (χ1n) is 6.78. The lowest BCUT2D eigenvalue weighted by atomic mass is 10.1. The summed E-state index contributed by atoms with van der Waals surface area (Å²) in [5.74, 6) is 0. The topological polar surface area (TPSA) is 29.9 Å². The molecule has 108 valence electrons. The van der Waals surface area contributed by atoms with E-state index in [4.69, 9.17) is 11.6 Å². The van der Waals surface area contributed by atoms with E-state index in [1.54, 1.807) is 4.68 Å². The van der Waals surface area contributed by atoms with Crippen molar-refractivity contribution in [1.29, 1.82) is 0 Å². The molecule has 0 fully saturated rings. The van der Waals surface area contributed by atoms with Crippen molar-refractivity contribution in [1.82, 2.24) is 15.1 Å². The van der Waals surface area contributed by atoms with E-state index < -0.39 is 0 Å². The molecule has 0 saturated carbocycles. The average Bonchev–Trinajstić information content (AvgIpc) is 2.75. The molecule has 2 aromatic rings. The molecular formula is C15H19BrClN3. The average molecular weight is 357 g/mol. The van der Waals surface area contributed by atoms with Gasteiger partial charge in [0.1, 0.15) is 0 Å². The molecule has 0 saturated heterocycles. The third kappa shape index (κ3) is 3.43. The van der Waals surface area contributed by atoms with Gasteiger partial charge in [-0.25, -0.2) is 4.68 Å². The molecule has 0 aliphatic carbocycles. The largest absolute Gasteiger partial charge is 0.310 e. The maximum Gasteiger partial charge on any atom is 0.0819 e. The van der Waals surface area contributed by atoms with Crippen LogP contribution in [0.1, 0.15) is 37.6 Å². The number of nitrogens with one attached hydrogen (secondary N) is 1. The van der Waals surface area contributed by atoms with Gasteiger partial charge in [0, 0.05) is 16.7 Å². The number of aromatic nitrogens is 2. The predicted octanol–water partition coefficient (Wildman–Crippen LogP) is 4.66. The highest BCUT2D eigenvalue weighted by Gasteiger charge is 2.10. The van der Waals surface area contributed by atoms with Crippen molar-refractivity contribution in [3.8, 4) is 5.69 Å². The summed E-state index contributed by atoms with van der Waals surface area (Å²) < 4.78 is 2.81. The van der Waals surface area contributed by atoms with Gasteiger partial charge in [-0.15, -0.1) is 0 Å². The fraction of sp³-hybridized carbons (Fsp3) is 0.400. The van der Waals surface area contributed by atoms with Crippen LogP contribution in [0.5, 0.6) is 0 Å². The highest BCUT2D eigenvalue weighted by Crippen LogP contribution is 2.26. The van der Waals surface area contributed by atoms with Crippen LogP contribution >= 0.6 is 27.5 Å². The fourth-order valence-corrected chi connectivity index (χ4v) is 2.73. The molecule has 5 heteroatoms. The van der Waals surface area contributed by atoms with Crippen LogP contribution in [-0.4, -0.2) is 16.3 Å². The van der Waals surface area contributed by atoms with Gasteiger partial charge in [-0.2, -0.15) is 5.10 Å². The molecule has 0 spiro atoms. The first-order valence-corrected chi connectivity index (χ1v) is 7.95. The number of aryl methyl sites for hydroxylation is 1. The van der Waals surface area contributed by atoms with Crippen LogP contribution in [0, 0.1) is 6.92 Å². The molecule has 1 aromatic carbocycles. The van der Waals surface area contributed by atoms with Crippen molar-refractivity contribution in [2.45, 2.75) is 33.2 Å². The molecule has 1 N–H and O–H groups in total. The van der Waals surface area contributed by atoms with E-state index >= 15 is 0 Å². The summed E-state index contributed by atoms with van der Waals surface area (Å²) in [4.78, 5) is 0. The van der Waals surface area contributed by atoms with Crippen LogP contribution in [0.4, 0.5) is 0 Å². The Labute approximate surface area is 133 Å². The minimum absolute atomic E-state index is 0.336. The molecular weight excluding hydrogens is 338 g/mol. The maximum atomic E-state index is 6.06. The summed E-state index contributed by atoms with van der Waals surface area (Å²) in [5, 5.41) is 8.57. The molecule has 2 rings (SSSR count). The first-order chi connectivity index (χ1) is 9.52. The van der Waals surface area contributed by atoms with Gasteiger partial charge in [0.15, 0.2) is 0 Å². The molecule has 1 unspecified atom stereocenters. The zero-order valence-electron chi connectivity index (χ0n) is 12.0. The van der Waals surface area contributed by atoms with E-state index in [9.17, 15) is 0 Å².